The van der Waals surface area contributed by atoms with Gasteiger partial charge in [-0.25, -0.2) is 0 Å². The van der Waals surface area contributed by atoms with Gasteiger partial charge in [-0.15, -0.1) is 0 Å². The molecule has 2 rings (SSSR count). The molecule has 0 aromatic rings. The third kappa shape index (κ3) is 2.71. The third-order valence-corrected chi connectivity index (χ3v) is 3.81. The second-order valence-electron chi connectivity index (χ2n) is 5.19. The molecule has 0 radical (unpaired) electrons. The van der Waals surface area contributed by atoms with Crippen LogP contribution in [-0.4, -0.2) is 29.4 Å². The normalized spacial score (nSPS) is 25.5. The SMILES string of the molecule is NC1(CC(=O)N2CCCC2)CCCCC1. The van der Waals surface area contributed by atoms with Gasteiger partial charge >= 0.3 is 0 Å². The minimum absolute atomic E-state index is 0.183. The van der Waals surface area contributed by atoms with Crippen molar-refractivity contribution in [1.82, 2.24) is 4.90 Å². The first-order chi connectivity index (χ1) is 7.20. The molecule has 3 heteroatoms. The molecule has 0 bridgehead atoms. The van der Waals surface area contributed by atoms with Gasteiger partial charge in [0.2, 0.25) is 5.91 Å². The summed E-state index contributed by atoms with van der Waals surface area (Å²) in [5.41, 5.74) is 6.10. The van der Waals surface area contributed by atoms with Gasteiger partial charge in [-0.2, -0.15) is 0 Å². The number of nitrogens with zero attached hydrogens (tertiary/aromatic N) is 1. The van der Waals surface area contributed by atoms with E-state index in [4.69, 9.17) is 5.73 Å². The van der Waals surface area contributed by atoms with Gasteiger partial charge in [0.15, 0.2) is 0 Å². The van der Waals surface area contributed by atoms with E-state index < -0.39 is 0 Å². The van der Waals surface area contributed by atoms with Crippen LogP contribution in [0.5, 0.6) is 0 Å². The largest absolute Gasteiger partial charge is 0.343 e. The van der Waals surface area contributed by atoms with Gasteiger partial charge in [0.1, 0.15) is 0 Å². The van der Waals surface area contributed by atoms with E-state index in [0.717, 1.165) is 25.9 Å². The fraction of sp³-hybridized carbons (Fsp3) is 0.917. The molecule has 1 heterocycles. The van der Waals surface area contributed by atoms with Crippen LogP contribution in [0.4, 0.5) is 0 Å². The summed E-state index contributed by atoms with van der Waals surface area (Å²) in [7, 11) is 0. The minimum Gasteiger partial charge on any atom is -0.343 e. The van der Waals surface area contributed by atoms with Crippen molar-refractivity contribution in [3.05, 3.63) is 0 Å². The summed E-state index contributed by atoms with van der Waals surface area (Å²) in [6, 6.07) is 0. The fourth-order valence-corrected chi connectivity index (χ4v) is 2.81. The van der Waals surface area contributed by atoms with Crippen LogP contribution in [0.1, 0.15) is 51.4 Å². The van der Waals surface area contributed by atoms with E-state index in [-0.39, 0.29) is 11.4 Å². The van der Waals surface area contributed by atoms with E-state index in [1.54, 1.807) is 0 Å². The number of amides is 1. The molecule has 1 aliphatic heterocycles. The zero-order valence-electron chi connectivity index (χ0n) is 9.50. The van der Waals surface area contributed by atoms with E-state index in [0.29, 0.717) is 6.42 Å². The first-order valence-electron chi connectivity index (χ1n) is 6.26. The van der Waals surface area contributed by atoms with E-state index in [2.05, 4.69) is 0 Å². The maximum atomic E-state index is 12.0. The molecule has 15 heavy (non-hydrogen) atoms. The molecule has 2 fully saturated rings. The van der Waals surface area contributed by atoms with Crippen molar-refractivity contribution < 1.29 is 4.79 Å². The van der Waals surface area contributed by atoms with Gasteiger partial charge in [-0.1, -0.05) is 19.3 Å². The topological polar surface area (TPSA) is 46.3 Å². The Morgan fingerprint density at radius 2 is 1.67 bits per heavy atom. The quantitative estimate of drug-likeness (QED) is 0.753. The average molecular weight is 210 g/mol. The lowest BCUT2D eigenvalue weighted by molar-refractivity contribution is -0.131. The van der Waals surface area contributed by atoms with Gasteiger partial charge in [-0.3, -0.25) is 4.79 Å². The molecule has 0 unspecified atom stereocenters. The summed E-state index contributed by atoms with van der Waals surface area (Å²) in [5, 5.41) is 0. The van der Waals surface area contributed by atoms with E-state index >= 15 is 0 Å². The molecule has 2 N–H and O–H groups in total. The second kappa shape index (κ2) is 4.52. The summed E-state index contributed by atoms with van der Waals surface area (Å²) < 4.78 is 0. The molecule has 0 aromatic heterocycles. The number of rotatable bonds is 2. The molecule has 0 aromatic carbocycles. The summed E-state index contributed by atoms with van der Waals surface area (Å²) in [6.07, 6.45) is 8.67. The van der Waals surface area contributed by atoms with Gasteiger partial charge in [0.05, 0.1) is 0 Å². The standard InChI is InChI=1S/C12H22N2O/c13-12(6-2-1-3-7-12)10-11(15)14-8-4-5-9-14/h1-10,13H2. The number of nitrogens with two attached hydrogens (primary N) is 1. The number of carbonyl (C=O) groups is 1. The predicted octanol–water partition coefficient (Wildman–Crippen LogP) is 1.66. The summed E-state index contributed by atoms with van der Waals surface area (Å²) >= 11 is 0. The molecule has 1 saturated carbocycles. The average Bonchev–Trinajstić information content (AvgIpc) is 2.70. The summed E-state index contributed by atoms with van der Waals surface area (Å²) in [6.45, 7) is 1.91. The number of hydrogen-bond acceptors (Lipinski definition) is 2. The Balaban J connectivity index is 1.86. The van der Waals surface area contributed by atoms with Crippen molar-refractivity contribution in [2.24, 2.45) is 5.73 Å². The van der Waals surface area contributed by atoms with Gasteiger partial charge < -0.3 is 10.6 Å². The first kappa shape index (κ1) is 10.9. The second-order valence-corrected chi connectivity index (χ2v) is 5.19. The van der Waals surface area contributed by atoms with Crippen LogP contribution in [-0.2, 0) is 4.79 Å². The van der Waals surface area contributed by atoms with Gasteiger partial charge in [-0.05, 0) is 25.7 Å². The monoisotopic (exact) mass is 210 g/mol. The number of carbonyl (C=O) groups excluding carboxylic acids is 1. The van der Waals surface area contributed by atoms with Crippen LogP contribution in [0, 0.1) is 0 Å². The Kier molecular flexibility index (Phi) is 3.29. The third-order valence-electron chi connectivity index (χ3n) is 3.81. The number of hydrogen-bond donors (Lipinski definition) is 1. The summed E-state index contributed by atoms with van der Waals surface area (Å²) in [5.74, 6) is 0.289. The molecule has 86 valence electrons. The van der Waals surface area contributed by atoms with E-state index in [1.165, 1.54) is 32.1 Å². The Labute approximate surface area is 92.0 Å². The highest BCUT2D eigenvalue weighted by Crippen LogP contribution is 2.29. The van der Waals surface area contributed by atoms with Crippen molar-refractivity contribution in [3.8, 4) is 0 Å². The van der Waals surface area contributed by atoms with E-state index in [9.17, 15) is 4.79 Å². The highest BCUT2D eigenvalue weighted by atomic mass is 16.2. The lowest BCUT2D eigenvalue weighted by Gasteiger charge is -2.34. The van der Waals surface area contributed by atoms with Gasteiger partial charge in [0.25, 0.3) is 0 Å². The fourth-order valence-electron chi connectivity index (χ4n) is 2.81. The van der Waals surface area contributed by atoms with Crippen molar-refractivity contribution in [3.63, 3.8) is 0 Å². The smallest absolute Gasteiger partial charge is 0.224 e. The Hall–Kier alpha value is -0.570. The van der Waals surface area contributed by atoms with Crippen LogP contribution < -0.4 is 5.73 Å². The zero-order valence-corrected chi connectivity index (χ0v) is 9.50. The first-order valence-corrected chi connectivity index (χ1v) is 6.26. The van der Waals surface area contributed by atoms with Crippen molar-refractivity contribution in [2.75, 3.05) is 13.1 Å². The minimum atomic E-state index is -0.183. The van der Waals surface area contributed by atoms with Crippen LogP contribution in [0.2, 0.25) is 0 Å². The molecule has 3 nitrogen and oxygen atoms in total. The van der Waals surface area contributed by atoms with E-state index in [1.807, 2.05) is 4.90 Å². The molecular weight excluding hydrogens is 188 g/mol. The molecule has 1 saturated heterocycles. The van der Waals surface area contributed by atoms with Crippen molar-refractivity contribution >= 4 is 5.91 Å². The van der Waals surface area contributed by atoms with Crippen LogP contribution >= 0.6 is 0 Å². The zero-order chi connectivity index (χ0) is 10.7. The Bertz CT molecular complexity index is 228. The Morgan fingerprint density at radius 3 is 2.27 bits per heavy atom. The molecule has 2 aliphatic rings. The predicted molar refractivity (Wildman–Crippen MR) is 60.4 cm³/mol. The molecular formula is C12H22N2O. The lowest BCUT2D eigenvalue weighted by Crippen LogP contribution is -2.46. The van der Waals surface area contributed by atoms with Crippen molar-refractivity contribution in [2.45, 2.75) is 56.9 Å². The maximum absolute atomic E-state index is 12.0. The summed E-state index contributed by atoms with van der Waals surface area (Å²) in [4.78, 5) is 14.0. The lowest BCUT2D eigenvalue weighted by atomic mass is 9.80. The number of likely N-dealkylation sites (tertiary alicyclic amines) is 1. The molecule has 0 spiro atoms. The molecule has 1 amide bonds. The van der Waals surface area contributed by atoms with Crippen LogP contribution in [0.15, 0.2) is 0 Å². The highest BCUT2D eigenvalue weighted by molar-refractivity contribution is 5.77. The van der Waals surface area contributed by atoms with Crippen molar-refractivity contribution in [1.29, 1.82) is 0 Å². The van der Waals surface area contributed by atoms with Crippen LogP contribution in [0.25, 0.3) is 0 Å². The maximum Gasteiger partial charge on any atom is 0.224 e. The highest BCUT2D eigenvalue weighted by Gasteiger charge is 2.32. The van der Waals surface area contributed by atoms with Crippen LogP contribution in [0.3, 0.4) is 0 Å². The van der Waals surface area contributed by atoms with Gasteiger partial charge in [0, 0.05) is 25.0 Å². The molecule has 0 atom stereocenters. The Morgan fingerprint density at radius 1 is 1.07 bits per heavy atom. The molecule has 1 aliphatic carbocycles.